The van der Waals surface area contributed by atoms with Crippen molar-refractivity contribution in [3.8, 4) is 17.5 Å². The fraction of sp³-hybridized carbons (Fsp3) is 0.286. The number of nitrogen functional groups attached to an aromatic ring is 1. The van der Waals surface area contributed by atoms with Crippen LogP contribution in [0.25, 0.3) is 0 Å². The number of anilines is 1. The highest BCUT2D eigenvalue weighted by Gasteiger charge is 2.11. The van der Waals surface area contributed by atoms with Gasteiger partial charge in [0.1, 0.15) is 5.75 Å². The van der Waals surface area contributed by atoms with Crippen molar-refractivity contribution < 1.29 is 9.47 Å². The van der Waals surface area contributed by atoms with E-state index in [1.807, 2.05) is 18.2 Å². The summed E-state index contributed by atoms with van der Waals surface area (Å²) in [6.45, 7) is 4.20. The van der Waals surface area contributed by atoms with E-state index < -0.39 is 0 Å². The van der Waals surface area contributed by atoms with Gasteiger partial charge in [-0.25, -0.2) is 0 Å². The monoisotopic (exact) mass is 337 g/mol. The van der Waals surface area contributed by atoms with Crippen molar-refractivity contribution in [1.29, 1.82) is 0 Å². The molecule has 0 saturated heterocycles. The number of methoxy groups -OCH3 is 1. The van der Waals surface area contributed by atoms with Gasteiger partial charge in [-0.1, -0.05) is 29.8 Å². The van der Waals surface area contributed by atoms with E-state index in [0.717, 1.165) is 15.8 Å². The number of halogens is 1. The molecule has 0 saturated carbocycles. The fourth-order valence-corrected chi connectivity index (χ4v) is 2.13. The summed E-state index contributed by atoms with van der Waals surface area (Å²) < 4.78 is 11.9. The van der Waals surface area contributed by atoms with Crippen LogP contribution in [0.3, 0.4) is 0 Å². The molecule has 0 amide bonds. The van der Waals surface area contributed by atoms with Crippen molar-refractivity contribution in [2.45, 2.75) is 19.8 Å². The molecule has 2 rings (SSSR count). The highest BCUT2D eigenvalue weighted by molar-refractivity contribution is 9.10. The molecule has 0 unspecified atom stereocenters. The maximum Gasteiger partial charge on any atom is 0.227 e. The first-order chi connectivity index (χ1) is 9.49. The van der Waals surface area contributed by atoms with Crippen LogP contribution < -0.4 is 15.2 Å². The number of benzene rings is 1. The summed E-state index contributed by atoms with van der Waals surface area (Å²) >= 11 is 3.46. The van der Waals surface area contributed by atoms with Crippen LogP contribution in [0.15, 0.2) is 28.7 Å². The molecule has 20 heavy (non-hydrogen) atoms. The van der Waals surface area contributed by atoms with Crippen molar-refractivity contribution in [1.82, 2.24) is 9.97 Å². The zero-order chi connectivity index (χ0) is 14.7. The van der Waals surface area contributed by atoms with Crippen LogP contribution in [0.4, 0.5) is 5.95 Å². The summed E-state index contributed by atoms with van der Waals surface area (Å²) in [6.07, 6.45) is 0. The number of ether oxygens (including phenoxy) is 2. The second-order valence-corrected chi connectivity index (χ2v) is 5.46. The van der Waals surface area contributed by atoms with Gasteiger partial charge in [0.15, 0.2) is 0 Å². The van der Waals surface area contributed by atoms with E-state index in [0.29, 0.717) is 17.7 Å². The molecule has 0 aliphatic heterocycles. The van der Waals surface area contributed by atoms with Gasteiger partial charge >= 0.3 is 0 Å². The van der Waals surface area contributed by atoms with E-state index in [-0.39, 0.29) is 5.95 Å². The average molecular weight is 338 g/mol. The van der Waals surface area contributed by atoms with Gasteiger partial charge in [-0.3, -0.25) is 0 Å². The smallest absolute Gasteiger partial charge is 0.227 e. The molecule has 0 aliphatic rings. The van der Waals surface area contributed by atoms with E-state index >= 15 is 0 Å². The Labute approximate surface area is 126 Å². The lowest BCUT2D eigenvalue weighted by Crippen LogP contribution is -2.01. The van der Waals surface area contributed by atoms with Gasteiger partial charge in [0.05, 0.1) is 13.2 Å². The van der Waals surface area contributed by atoms with E-state index in [4.69, 9.17) is 15.2 Å². The molecule has 0 aliphatic carbocycles. The maximum atomic E-state index is 5.82. The standard InChI is InChI=1S/C14H16BrN3O2/c1-8(2)10-6-9(15)4-5-11(10)20-13-7-12(19-3)17-14(16)18-13/h4-8H,1-3H3,(H2,16,17,18). The summed E-state index contributed by atoms with van der Waals surface area (Å²) in [5.74, 6) is 1.91. The Bertz CT molecular complexity index is 617. The summed E-state index contributed by atoms with van der Waals surface area (Å²) in [7, 11) is 1.52. The lowest BCUT2D eigenvalue weighted by molar-refractivity contribution is 0.388. The summed E-state index contributed by atoms with van der Waals surface area (Å²) in [5, 5.41) is 0. The quantitative estimate of drug-likeness (QED) is 0.919. The first kappa shape index (κ1) is 14.6. The van der Waals surface area contributed by atoms with Crippen molar-refractivity contribution in [2.24, 2.45) is 0 Å². The van der Waals surface area contributed by atoms with Crippen molar-refractivity contribution in [3.05, 3.63) is 34.3 Å². The van der Waals surface area contributed by atoms with Gasteiger partial charge in [0.25, 0.3) is 0 Å². The molecule has 1 aromatic heterocycles. The molecule has 0 bridgehead atoms. The van der Waals surface area contributed by atoms with Crippen LogP contribution >= 0.6 is 15.9 Å². The number of nitrogens with two attached hydrogens (primary N) is 1. The minimum Gasteiger partial charge on any atom is -0.481 e. The third-order valence-electron chi connectivity index (χ3n) is 2.71. The van der Waals surface area contributed by atoms with Crippen molar-refractivity contribution in [2.75, 3.05) is 12.8 Å². The van der Waals surface area contributed by atoms with Gasteiger partial charge in [0.2, 0.25) is 17.7 Å². The first-order valence-corrected chi connectivity index (χ1v) is 6.94. The van der Waals surface area contributed by atoms with Crippen LogP contribution in [0.2, 0.25) is 0 Å². The molecule has 5 nitrogen and oxygen atoms in total. The van der Waals surface area contributed by atoms with Gasteiger partial charge in [0, 0.05) is 4.47 Å². The third-order valence-corrected chi connectivity index (χ3v) is 3.21. The summed E-state index contributed by atoms with van der Waals surface area (Å²) in [4.78, 5) is 7.98. The number of hydrogen-bond acceptors (Lipinski definition) is 5. The number of aromatic nitrogens is 2. The zero-order valence-electron chi connectivity index (χ0n) is 11.6. The van der Waals surface area contributed by atoms with E-state index in [1.54, 1.807) is 6.07 Å². The molecule has 1 heterocycles. The Hall–Kier alpha value is -1.82. The van der Waals surface area contributed by atoms with Crippen molar-refractivity contribution in [3.63, 3.8) is 0 Å². The minimum atomic E-state index is 0.113. The van der Waals surface area contributed by atoms with E-state index in [9.17, 15) is 0 Å². The fourth-order valence-electron chi connectivity index (χ4n) is 1.75. The largest absolute Gasteiger partial charge is 0.481 e. The summed E-state index contributed by atoms with van der Waals surface area (Å²) in [6, 6.07) is 7.44. The van der Waals surface area contributed by atoms with Gasteiger partial charge in [-0.2, -0.15) is 9.97 Å². The Morgan fingerprint density at radius 2 is 1.85 bits per heavy atom. The normalized spacial score (nSPS) is 10.7. The molecule has 2 aromatic rings. The van der Waals surface area contributed by atoms with Crippen LogP contribution in [0, 0.1) is 0 Å². The molecule has 2 N–H and O–H groups in total. The van der Waals surface area contributed by atoms with Gasteiger partial charge in [-0.15, -0.1) is 0 Å². The third kappa shape index (κ3) is 3.39. The number of rotatable bonds is 4. The van der Waals surface area contributed by atoms with Crippen LogP contribution in [0.1, 0.15) is 25.3 Å². The molecule has 1 aromatic carbocycles. The topological polar surface area (TPSA) is 70.3 Å². The number of nitrogens with zero attached hydrogens (tertiary/aromatic N) is 2. The second kappa shape index (κ2) is 6.09. The average Bonchev–Trinajstić information content (AvgIpc) is 2.40. The maximum absolute atomic E-state index is 5.82. The van der Waals surface area contributed by atoms with Crippen LogP contribution in [-0.2, 0) is 0 Å². The van der Waals surface area contributed by atoms with Crippen LogP contribution in [-0.4, -0.2) is 17.1 Å². The van der Waals surface area contributed by atoms with Crippen molar-refractivity contribution >= 4 is 21.9 Å². The highest BCUT2D eigenvalue weighted by atomic mass is 79.9. The number of hydrogen-bond donors (Lipinski definition) is 1. The van der Waals surface area contributed by atoms with E-state index in [2.05, 4.69) is 39.7 Å². The van der Waals surface area contributed by atoms with Crippen LogP contribution in [0.5, 0.6) is 17.5 Å². The molecular formula is C14H16BrN3O2. The first-order valence-electron chi connectivity index (χ1n) is 6.15. The minimum absolute atomic E-state index is 0.113. The molecule has 106 valence electrons. The molecule has 0 spiro atoms. The second-order valence-electron chi connectivity index (χ2n) is 4.55. The lowest BCUT2D eigenvalue weighted by atomic mass is 10.0. The molecular weight excluding hydrogens is 322 g/mol. The lowest BCUT2D eigenvalue weighted by Gasteiger charge is -2.14. The highest BCUT2D eigenvalue weighted by Crippen LogP contribution is 2.33. The zero-order valence-corrected chi connectivity index (χ0v) is 13.1. The predicted octanol–water partition coefficient (Wildman–Crippen LogP) is 3.75. The SMILES string of the molecule is COc1cc(Oc2ccc(Br)cc2C(C)C)nc(N)n1. The Kier molecular flexibility index (Phi) is 4.44. The van der Waals surface area contributed by atoms with E-state index in [1.165, 1.54) is 7.11 Å². The summed E-state index contributed by atoms with van der Waals surface area (Å²) in [5.41, 5.74) is 6.70. The Balaban J connectivity index is 2.37. The molecule has 0 fully saturated rings. The Morgan fingerprint density at radius 3 is 2.50 bits per heavy atom. The molecule has 0 radical (unpaired) electrons. The van der Waals surface area contributed by atoms with Gasteiger partial charge < -0.3 is 15.2 Å². The molecule has 6 heteroatoms. The van der Waals surface area contributed by atoms with Gasteiger partial charge in [-0.05, 0) is 29.7 Å². The Morgan fingerprint density at radius 1 is 1.15 bits per heavy atom. The molecule has 0 atom stereocenters. The predicted molar refractivity (Wildman–Crippen MR) is 81.3 cm³/mol.